The van der Waals surface area contributed by atoms with Crippen LogP contribution in [0, 0.1) is 0 Å². The Kier molecular flexibility index (Phi) is 14.1. The Morgan fingerprint density at radius 2 is 0.351 bits per heavy atom. The van der Waals surface area contributed by atoms with Crippen LogP contribution in [-0.2, 0) is 29.0 Å². The molecule has 4 aliphatic rings. The summed E-state index contributed by atoms with van der Waals surface area (Å²) in [5.74, 6) is -153. The fourth-order valence-corrected chi connectivity index (χ4v) is 7.16. The zero-order chi connectivity index (χ0) is 62.7. The number of hydrogen-bond acceptors (Lipinski definition) is 6. The van der Waals surface area contributed by atoms with E-state index in [2.05, 4.69) is 0 Å². The summed E-state index contributed by atoms with van der Waals surface area (Å²) >= 11 is 0. The lowest BCUT2D eigenvalue weighted by atomic mass is 9.38. The molecule has 52 heteroatoms. The number of alkyl halides is 43. The molecule has 0 aromatic heterocycles. The highest BCUT2D eigenvalue weighted by Gasteiger charge is 3.24. The second kappa shape index (κ2) is 16.0. The van der Waals surface area contributed by atoms with Crippen LogP contribution in [0.1, 0.15) is 0 Å². The SMILES string of the molecule is FOC(F)(C(F)(F)OC12C(F)(F)C3(F)C(F)(F)C(OC(F)(F)C(F)(OF)C(F)(F)C(F)(F)C(F)(F)F)(C1(F)F)C(F)(F)C(OC(F)(F)C(F)(OF)C(F)(F)C(F)(F)C(F)(F)F)(C3(F)F)C2(F)F)C(F)(F)C(F)(F)C(F)(F)F. The Balaban J connectivity index is 3.03. The number of rotatable bonds is 18. The van der Waals surface area contributed by atoms with Crippen LogP contribution in [0.3, 0.4) is 0 Å². The first-order valence-electron chi connectivity index (χ1n) is 16.4. The third-order valence-corrected chi connectivity index (χ3v) is 11.0. The smallest absolute Gasteiger partial charge is 0.289 e. The lowest BCUT2D eigenvalue weighted by Gasteiger charge is -2.77. The molecule has 4 fully saturated rings. The Hall–Kier alpha value is -3.46. The highest BCUT2D eigenvalue weighted by molar-refractivity contribution is 5.55. The van der Waals surface area contributed by atoms with Crippen molar-refractivity contribution in [1.29, 1.82) is 0 Å². The van der Waals surface area contributed by atoms with Gasteiger partial charge < -0.3 is 0 Å². The van der Waals surface area contributed by atoms with Crippen molar-refractivity contribution >= 4 is 0 Å². The van der Waals surface area contributed by atoms with E-state index in [1.807, 2.05) is 0 Å². The van der Waals surface area contributed by atoms with E-state index in [1.165, 1.54) is 0 Å². The molecule has 0 aromatic rings. The van der Waals surface area contributed by atoms with Crippen LogP contribution in [0.25, 0.3) is 0 Å². The molecule has 0 saturated heterocycles. The Morgan fingerprint density at radius 1 is 0.208 bits per heavy atom. The van der Waals surface area contributed by atoms with Crippen LogP contribution < -0.4 is 0 Å². The summed E-state index contributed by atoms with van der Waals surface area (Å²) in [7, 11) is 0. The lowest BCUT2D eigenvalue weighted by molar-refractivity contribution is -0.682. The van der Waals surface area contributed by atoms with Crippen molar-refractivity contribution in [2.45, 2.75) is 148 Å². The minimum atomic E-state index is -11.0. The van der Waals surface area contributed by atoms with Crippen LogP contribution in [0.15, 0.2) is 0 Å². The van der Waals surface area contributed by atoms with Crippen molar-refractivity contribution in [3.8, 4) is 0 Å². The zero-order valence-corrected chi connectivity index (χ0v) is 32.3. The first kappa shape index (κ1) is 67.8. The molecular formula is C25F46O6. The average molecular weight is 1270 g/mol. The van der Waals surface area contributed by atoms with Gasteiger partial charge in [0.25, 0.3) is 16.8 Å². The largest absolute Gasteiger partial charge is 0.460 e. The topological polar surface area (TPSA) is 55.4 Å². The summed E-state index contributed by atoms with van der Waals surface area (Å²) in [6.07, 6.45) is -57.7. The van der Waals surface area contributed by atoms with Crippen LogP contribution in [-0.4, -0.2) is 148 Å². The molecule has 4 bridgehead atoms. The van der Waals surface area contributed by atoms with E-state index in [9.17, 15) is 106 Å². The summed E-state index contributed by atoms with van der Waals surface area (Å²) in [4.78, 5) is 1.15. The molecule has 0 radical (unpaired) electrons. The van der Waals surface area contributed by atoms with Crippen LogP contribution in [0.2, 0.25) is 0 Å². The van der Waals surface area contributed by atoms with Gasteiger partial charge in [-0.15, -0.1) is 14.8 Å². The van der Waals surface area contributed by atoms with E-state index < -0.39 is 148 Å². The Morgan fingerprint density at radius 3 is 0.468 bits per heavy atom. The molecule has 4 rings (SSSR count). The fraction of sp³-hybridized carbons (Fsp3) is 1.00. The molecule has 3 unspecified atom stereocenters. The van der Waals surface area contributed by atoms with Crippen molar-refractivity contribution in [3.63, 3.8) is 0 Å². The molecule has 3 atom stereocenters. The molecule has 0 amide bonds. The van der Waals surface area contributed by atoms with Gasteiger partial charge in [-0.25, -0.2) is 4.39 Å². The van der Waals surface area contributed by atoms with Gasteiger partial charge in [-0.05, 0) is 13.6 Å². The normalized spacial score (nSPS) is 31.4. The van der Waals surface area contributed by atoms with Crippen LogP contribution in [0.4, 0.5) is 202 Å². The fourth-order valence-electron chi connectivity index (χ4n) is 7.16. The first-order valence-corrected chi connectivity index (χ1v) is 16.4. The van der Waals surface area contributed by atoms with E-state index in [1.54, 1.807) is 0 Å². The molecule has 0 heterocycles. The minimum Gasteiger partial charge on any atom is -0.289 e. The molecular weight excluding hydrogens is 1270 g/mol. The van der Waals surface area contributed by atoms with Gasteiger partial charge in [0.05, 0.1) is 0 Å². The van der Waals surface area contributed by atoms with E-state index >= 15 is 96.6 Å². The van der Waals surface area contributed by atoms with Gasteiger partial charge in [-0.1, -0.05) is 0 Å². The van der Waals surface area contributed by atoms with Gasteiger partial charge in [0.2, 0.25) is 0 Å². The molecule has 0 spiro atoms. The summed E-state index contributed by atoms with van der Waals surface area (Å²) in [5, 5.41) is 0. The highest BCUT2D eigenvalue weighted by atomic mass is 19.5. The number of hydrogen-bond donors (Lipinski definition) is 0. The van der Waals surface area contributed by atoms with Crippen molar-refractivity contribution in [3.05, 3.63) is 0 Å². The molecule has 4 saturated carbocycles. The van der Waals surface area contributed by atoms with Gasteiger partial charge >= 0.3 is 131 Å². The van der Waals surface area contributed by atoms with Gasteiger partial charge in [0.15, 0.2) is 0 Å². The van der Waals surface area contributed by atoms with Crippen LogP contribution >= 0.6 is 0 Å². The summed E-state index contributed by atoms with van der Waals surface area (Å²) in [5.41, 5.74) is -43.7. The summed E-state index contributed by atoms with van der Waals surface area (Å²) < 4.78 is 673. The quantitative estimate of drug-likeness (QED) is 0.128. The van der Waals surface area contributed by atoms with Crippen molar-refractivity contribution in [1.82, 2.24) is 0 Å². The highest BCUT2D eigenvalue weighted by Crippen LogP contribution is 2.90. The van der Waals surface area contributed by atoms with Crippen molar-refractivity contribution < 1.29 is 231 Å². The van der Waals surface area contributed by atoms with E-state index in [0.29, 0.717) is 14.8 Å². The molecule has 458 valence electrons. The van der Waals surface area contributed by atoms with Crippen LogP contribution in [0.5, 0.6) is 0 Å². The summed E-state index contributed by atoms with van der Waals surface area (Å²) in [6, 6.07) is 0. The van der Waals surface area contributed by atoms with Gasteiger partial charge in [0.1, 0.15) is 0 Å². The van der Waals surface area contributed by atoms with Gasteiger partial charge in [-0.2, -0.15) is 184 Å². The third kappa shape index (κ3) is 6.29. The maximum absolute atomic E-state index is 16.5. The Bertz CT molecular complexity index is 2010. The molecule has 77 heavy (non-hydrogen) atoms. The minimum absolute atomic E-state index is 0.384. The standard InChI is InChI=1S/C25F46O6/c26-1-5(27,28)2(72-23(63,64)17(51,75-69)11(39,40)14(45,46)20(54,55)56)8(33,34)3(6(1,29)30,73-24(65,66)18(52,76-70)12(41,42)15(47,48)21(57,58)59)10(37,38)4(7(1,31)32,9(2,35)36)74-25(67,68)19(53,77-71)13(43,44)16(49,50)22(60,61)62. The molecule has 0 N–H and O–H groups in total. The Labute approximate surface area is 380 Å². The van der Waals surface area contributed by atoms with E-state index in [4.69, 9.17) is 0 Å². The maximum atomic E-state index is 16.5. The monoisotopic (exact) mass is 1270 g/mol. The van der Waals surface area contributed by atoms with Crippen molar-refractivity contribution in [2.75, 3.05) is 0 Å². The first-order chi connectivity index (χ1) is 32.8. The van der Waals surface area contributed by atoms with Gasteiger partial charge in [-0.3, -0.25) is 14.2 Å². The number of halogens is 46. The molecule has 4 aliphatic carbocycles. The second-order valence-corrected chi connectivity index (χ2v) is 15.0. The second-order valence-electron chi connectivity index (χ2n) is 15.0. The van der Waals surface area contributed by atoms with Crippen molar-refractivity contribution in [2.24, 2.45) is 0 Å². The molecule has 6 nitrogen and oxygen atoms in total. The average Bonchev–Trinajstić information content (AvgIpc) is 3.21. The predicted molar refractivity (Wildman–Crippen MR) is 126 cm³/mol. The summed E-state index contributed by atoms with van der Waals surface area (Å²) in [6.45, 7) is 0. The van der Waals surface area contributed by atoms with Gasteiger partial charge in [0, 0.05) is 0 Å². The zero-order valence-electron chi connectivity index (χ0n) is 32.3. The number of ether oxygens (including phenoxy) is 3. The predicted octanol–water partition coefficient (Wildman–Crippen LogP) is 13.8. The molecule has 0 aliphatic heterocycles. The van der Waals surface area contributed by atoms with E-state index in [0.717, 1.165) is 14.2 Å². The lowest BCUT2D eigenvalue weighted by Crippen LogP contribution is -3.12. The third-order valence-electron chi connectivity index (χ3n) is 11.0. The maximum Gasteiger partial charge on any atom is 0.460 e. The molecule has 0 aromatic carbocycles. The van der Waals surface area contributed by atoms with E-state index in [-0.39, 0.29) is 0 Å².